The Balaban J connectivity index is 2.99. The van der Waals surface area contributed by atoms with Gasteiger partial charge in [-0.3, -0.25) is 24.1 Å². The monoisotopic (exact) mass is 505 g/mol. The second kappa shape index (κ2) is 11.4. The Kier molecular flexibility index (Phi) is 7.06. The number of amides is 6. The van der Waals surface area contributed by atoms with E-state index in [-0.39, 0.29) is 25.3 Å². The number of rotatable bonds is 10. The summed E-state index contributed by atoms with van der Waals surface area (Å²) in [7, 11) is 0. The Morgan fingerprint density at radius 3 is 2.18 bits per heavy atom. The van der Waals surface area contributed by atoms with Gasteiger partial charge in [-0.05, 0) is 38.0 Å². The molecule has 1 rings (SSSR count). The number of thiol groups is 1. The maximum absolute atomic E-state index is 13.2. The Bertz CT molecular complexity index is 996. The third-order valence-electron chi connectivity index (χ3n) is 5.56. The molecule has 0 bridgehead atoms. The SMILES string of the molecule is [2H]C([2H])([2H])NC(=O)[C@@H](NC(=O)[C@H](CC(C)C)NC(=O)[C@@H](S)CCN1C(=O)N(C([2H])([2H])[2H])C(C)(C)C1=O)C(C)(C)C. The molecule has 0 radical (unpaired) electrons. The zero-order valence-electron chi connectivity index (χ0n) is 26.8. The first-order valence-electron chi connectivity index (χ1n) is 14.1. The summed E-state index contributed by atoms with van der Waals surface area (Å²) in [5.74, 6) is -3.09. The topological polar surface area (TPSA) is 128 Å². The van der Waals surface area contributed by atoms with Crippen molar-refractivity contribution < 1.29 is 32.2 Å². The minimum atomic E-state index is -2.84. The van der Waals surface area contributed by atoms with Crippen molar-refractivity contribution in [2.75, 3.05) is 20.5 Å². The molecular formula is C23H41N5O5S. The molecule has 194 valence electrons. The fourth-order valence-corrected chi connectivity index (χ4v) is 3.60. The normalized spacial score (nSPS) is 21.9. The molecule has 0 aromatic rings. The van der Waals surface area contributed by atoms with Gasteiger partial charge in [0.15, 0.2) is 0 Å². The van der Waals surface area contributed by atoms with Gasteiger partial charge in [0.25, 0.3) is 5.91 Å². The van der Waals surface area contributed by atoms with Gasteiger partial charge in [-0.25, -0.2) is 4.79 Å². The molecule has 0 aromatic heterocycles. The van der Waals surface area contributed by atoms with E-state index in [2.05, 4.69) is 23.3 Å². The first-order valence-corrected chi connectivity index (χ1v) is 11.6. The molecule has 1 fully saturated rings. The summed E-state index contributed by atoms with van der Waals surface area (Å²) < 4.78 is 44.7. The summed E-state index contributed by atoms with van der Waals surface area (Å²) in [6, 6.07) is -3.33. The van der Waals surface area contributed by atoms with Crippen LogP contribution in [0.3, 0.4) is 0 Å². The Morgan fingerprint density at radius 1 is 1.09 bits per heavy atom. The quantitative estimate of drug-likeness (QED) is 0.262. The zero-order chi connectivity index (χ0) is 31.6. The van der Waals surface area contributed by atoms with Crippen LogP contribution in [0, 0.1) is 11.3 Å². The summed E-state index contributed by atoms with van der Waals surface area (Å²) in [5.41, 5.74) is -2.47. The second-order valence-electron chi connectivity index (χ2n) is 10.4. The van der Waals surface area contributed by atoms with E-state index < -0.39 is 71.9 Å². The van der Waals surface area contributed by atoms with E-state index in [9.17, 15) is 24.0 Å². The van der Waals surface area contributed by atoms with Gasteiger partial charge in [-0.1, -0.05) is 34.6 Å². The van der Waals surface area contributed by atoms with Crippen molar-refractivity contribution in [2.45, 2.75) is 84.2 Å². The van der Waals surface area contributed by atoms with Gasteiger partial charge in [0.2, 0.25) is 17.7 Å². The van der Waals surface area contributed by atoms with Crippen molar-refractivity contribution in [3.8, 4) is 0 Å². The van der Waals surface area contributed by atoms with Gasteiger partial charge in [0.05, 0.1) is 5.25 Å². The second-order valence-corrected chi connectivity index (χ2v) is 11.0. The molecule has 6 amide bonds. The molecule has 0 unspecified atom stereocenters. The van der Waals surface area contributed by atoms with Crippen molar-refractivity contribution in [2.24, 2.45) is 11.3 Å². The third-order valence-corrected chi connectivity index (χ3v) is 6.05. The average molecular weight is 506 g/mol. The largest absolute Gasteiger partial charge is 0.357 e. The number of hydrogen-bond donors (Lipinski definition) is 4. The van der Waals surface area contributed by atoms with Crippen LogP contribution in [-0.2, 0) is 19.2 Å². The van der Waals surface area contributed by atoms with E-state index in [0.717, 1.165) is 4.90 Å². The number of imide groups is 1. The molecule has 0 spiro atoms. The first kappa shape index (κ1) is 21.0. The number of nitrogens with one attached hydrogen (secondary N) is 3. The molecule has 1 aliphatic heterocycles. The number of urea groups is 1. The van der Waals surface area contributed by atoms with Crippen molar-refractivity contribution in [1.29, 1.82) is 0 Å². The molecule has 10 nitrogen and oxygen atoms in total. The number of carbonyl (C=O) groups excluding carboxylic acids is 5. The average Bonchev–Trinajstić information content (AvgIpc) is 2.90. The molecule has 34 heavy (non-hydrogen) atoms. The molecule has 0 aliphatic carbocycles. The lowest BCUT2D eigenvalue weighted by molar-refractivity contribution is -0.134. The van der Waals surface area contributed by atoms with Crippen molar-refractivity contribution in [1.82, 2.24) is 25.8 Å². The Morgan fingerprint density at radius 2 is 1.71 bits per heavy atom. The van der Waals surface area contributed by atoms with Crippen molar-refractivity contribution >= 4 is 42.3 Å². The molecule has 1 heterocycles. The van der Waals surface area contributed by atoms with Crippen LogP contribution >= 0.6 is 12.6 Å². The highest BCUT2D eigenvalue weighted by molar-refractivity contribution is 7.81. The molecule has 3 N–H and O–H groups in total. The summed E-state index contributed by atoms with van der Waals surface area (Å²) in [6.07, 6.45) is 0.0552. The van der Waals surface area contributed by atoms with Crippen LogP contribution in [0.4, 0.5) is 4.79 Å². The molecule has 0 aromatic carbocycles. The number of carbonyl (C=O) groups is 5. The predicted octanol–water partition coefficient (Wildman–Crippen LogP) is 1.16. The van der Waals surface area contributed by atoms with Crippen LogP contribution in [0.25, 0.3) is 0 Å². The molecule has 0 saturated carbocycles. The minimum absolute atomic E-state index is 0.0633. The van der Waals surface area contributed by atoms with Crippen LogP contribution in [0.1, 0.15) is 69.5 Å². The van der Waals surface area contributed by atoms with Gasteiger partial charge in [-0.2, -0.15) is 12.6 Å². The molecule has 1 saturated heterocycles. The highest BCUT2D eigenvalue weighted by Gasteiger charge is 2.49. The summed E-state index contributed by atoms with van der Waals surface area (Å²) in [5, 5.41) is 5.94. The third kappa shape index (κ3) is 7.10. The Hall–Kier alpha value is -2.30. The lowest BCUT2D eigenvalue weighted by atomic mass is 9.85. The van der Waals surface area contributed by atoms with Gasteiger partial charge < -0.3 is 20.9 Å². The van der Waals surface area contributed by atoms with Gasteiger partial charge in [-0.15, -0.1) is 0 Å². The Labute approximate surface area is 216 Å². The fraction of sp³-hybridized carbons (Fsp3) is 0.783. The lowest BCUT2D eigenvalue weighted by Crippen LogP contribution is -2.58. The van der Waals surface area contributed by atoms with E-state index in [1.807, 2.05) is 19.2 Å². The van der Waals surface area contributed by atoms with Gasteiger partial charge in [0.1, 0.15) is 17.6 Å². The maximum Gasteiger partial charge on any atom is 0.327 e. The minimum Gasteiger partial charge on any atom is -0.357 e. The molecular weight excluding hydrogens is 458 g/mol. The molecule has 3 atom stereocenters. The molecule has 1 aliphatic rings. The standard InChI is InChI=1S/C23H41N5O5S/c1-13(2)12-14(17(29)26-16(19(31)24-8)22(3,4)5)25-18(30)15(34)10-11-28-20(32)23(6,7)27(9)21(28)33/h13-16,34H,10-12H2,1-9H3,(H,24,31)(H,25,30)(H,26,29)/t14-,15-,16+/m0/s1/i8D3,9D3. The number of hydrogen-bond acceptors (Lipinski definition) is 6. The van der Waals surface area contributed by atoms with E-state index in [4.69, 9.17) is 8.22 Å². The highest BCUT2D eigenvalue weighted by Crippen LogP contribution is 2.26. The van der Waals surface area contributed by atoms with E-state index >= 15 is 0 Å². The number of nitrogens with zero attached hydrogens (tertiary/aromatic N) is 2. The fourth-order valence-electron chi connectivity index (χ4n) is 3.41. The highest BCUT2D eigenvalue weighted by atomic mass is 32.1. The van der Waals surface area contributed by atoms with E-state index in [1.54, 1.807) is 20.8 Å². The molecule has 11 heteroatoms. The lowest BCUT2D eigenvalue weighted by Gasteiger charge is -2.32. The summed E-state index contributed by atoms with van der Waals surface area (Å²) >= 11 is 4.26. The van der Waals surface area contributed by atoms with Gasteiger partial charge in [0, 0.05) is 28.7 Å². The maximum atomic E-state index is 13.2. The van der Waals surface area contributed by atoms with Crippen LogP contribution in [0.15, 0.2) is 0 Å². The van der Waals surface area contributed by atoms with E-state index in [0.29, 0.717) is 4.90 Å². The summed E-state index contributed by atoms with van der Waals surface area (Å²) in [6.45, 7) is 5.33. The zero-order valence-corrected chi connectivity index (χ0v) is 21.7. The predicted molar refractivity (Wildman–Crippen MR) is 133 cm³/mol. The van der Waals surface area contributed by atoms with Gasteiger partial charge >= 0.3 is 6.03 Å². The number of likely N-dealkylation sites (N-methyl/N-ethyl adjacent to an activating group) is 2. The van der Waals surface area contributed by atoms with Crippen molar-refractivity contribution in [3.05, 3.63) is 0 Å². The van der Waals surface area contributed by atoms with Crippen molar-refractivity contribution in [3.63, 3.8) is 0 Å². The first-order chi connectivity index (χ1) is 17.8. The van der Waals surface area contributed by atoms with Crippen LogP contribution in [-0.4, -0.2) is 82.8 Å². The smallest absolute Gasteiger partial charge is 0.327 e. The van der Waals surface area contributed by atoms with E-state index in [1.165, 1.54) is 13.8 Å². The van der Waals surface area contributed by atoms with Crippen LogP contribution in [0.5, 0.6) is 0 Å². The van der Waals surface area contributed by atoms with Crippen LogP contribution < -0.4 is 16.0 Å². The van der Waals surface area contributed by atoms with Crippen LogP contribution in [0.2, 0.25) is 0 Å². The summed E-state index contributed by atoms with van der Waals surface area (Å²) in [4.78, 5) is 65.5.